The molecular formula is C25H28N6O8S2. The smallest absolute Gasteiger partial charge is 0.408 e. The van der Waals surface area contributed by atoms with Gasteiger partial charge in [0.2, 0.25) is 5.91 Å². The van der Waals surface area contributed by atoms with E-state index in [9.17, 15) is 29.1 Å². The lowest BCUT2D eigenvalue weighted by Crippen LogP contribution is -2.71. The number of hydrogen-bond acceptors (Lipinski definition) is 10. The summed E-state index contributed by atoms with van der Waals surface area (Å²) >= 11 is 2.39. The second kappa shape index (κ2) is 12.2. The molecule has 16 heteroatoms. The van der Waals surface area contributed by atoms with E-state index in [1.807, 2.05) is 0 Å². The van der Waals surface area contributed by atoms with Crippen LogP contribution in [0, 0.1) is 0 Å². The molecule has 3 atom stereocenters. The van der Waals surface area contributed by atoms with E-state index in [4.69, 9.17) is 9.84 Å². The van der Waals surface area contributed by atoms with Gasteiger partial charge in [-0.1, -0.05) is 42.1 Å². The largest absolute Gasteiger partial charge is 0.480 e. The number of carbonyl (C=O) groups is 5. The molecule has 0 radical (unpaired) electrons. The van der Waals surface area contributed by atoms with E-state index in [0.717, 1.165) is 16.7 Å². The van der Waals surface area contributed by atoms with Gasteiger partial charge in [-0.05, 0) is 31.9 Å². The molecule has 4 N–H and O–H groups in total. The maximum atomic E-state index is 13.3. The Bertz CT molecular complexity index is 1390. The van der Waals surface area contributed by atoms with Crippen molar-refractivity contribution in [3.63, 3.8) is 0 Å². The van der Waals surface area contributed by atoms with Gasteiger partial charge < -0.3 is 25.6 Å². The Morgan fingerprint density at radius 3 is 2.54 bits per heavy atom. The SMILES string of the molecule is CC(C)(C)OC(=O)N[C@@H](C(=O)NC1C(=O)N2C(C(=O)O)=C(CSc3nncn3CC(=O)O)CS[C@H]12)c1ccccc1. The number of benzene rings is 1. The zero-order chi connectivity index (χ0) is 29.9. The summed E-state index contributed by atoms with van der Waals surface area (Å²) in [4.78, 5) is 63.4. The van der Waals surface area contributed by atoms with Crippen LogP contribution in [0.2, 0.25) is 0 Å². The summed E-state index contributed by atoms with van der Waals surface area (Å²) in [5.74, 6) is -3.25. The Kier molecular flexibility index (Phi) is 8.92. The van der Waals surface area contributed by atoms with Crippen molar-refractivity contribution in [2.24, 2.45) is 0 Å². The molecule has 1 saturated heterocycles. The Hall–Kier alpha value is -4.05. The number of nitrogens with zero attached hydrogens (tertiary/aromatic N) is 4. The molecule has 1 unspecified atom stereocenters. The van der Waals surface area contributed by atoms with E-state index in [0.29, 0.717) is 16.3 Å². The quantitative estimate of drug-likeness (QED) is 0.226. The molecule has 2 aliphatic heterocycles. The van der Waals surface area contributed by atoms with E-state index < -0.39 is 52.9 Å². The van der Waals surface area contributed by atoms with Gasteiger partial charge in [-0.15, -0.1) is 22.0 Å². The summed E-state index contributed by atoms with van der Waals surface area (Å²) < 4.78 is 6.62. The number of alkyl carbamates (subject to hydrolysis) is 1. The predicted octanol–water partition coefficient (Wildman–Crippen LogP) is 1.46. The highest BCUT2D eigenvalue weighted by molar-refractivity contribution is 8.01. The summed E-state index contributed by atoms with van der Waals surface area (Å²) in [7, 11) is 0. The van der Waals surface area contributed by atoms with E-state index in [2.05, 4.69) is 20.8 Å². The second-order valence-electron chi connectivity index (χ2n) is 10.1. The normalized spacial score (nSPS) is 19.1. The number of carboxylic acids is 2. The van der Waals surface area contributed by atoms with E-state index in [1.165, 1.54) is 22.7 Å². The van der Waals surface area contributed by atoms with Crippen molar-refractivity contribution in [2.45, 2.75) is 55.5 Å². The minimum atomic E-state index is -1.30. The molecule has 41 heavy (non-hydrogen) atoms. The van der Waals surface area contributed by atoms with Gasteiger partial charge in [0, 0.05) is 11.5 Å². The molecule has 1 fully saturated rings. The summed E-state index contributed by atoms with van der Waals surface area (Å²) in [6.07, 6.45) is 0.453. The summed E-state index contributed by atoms with van der Waals surface area (Å²) in [5, 5.41) is 31.4. The number of amides is 3. The fraction of sp³-hybridized carbons (Fsp3) is 0.400. The highest BCUT2D eigenvalue weighted by Crippen LogP contribution is 2.41. The van der Waals surface area contributed by atoms with Crippen LogP contribution in [0.5, 0.6) is 0 Å². The molecule has 0 saturated carbocycles. The van der Waals surface area contributed by atoms with Gasteiger partial charge in [0.25, 0.3) is 5.91 Å². The molecule has 3 amide bonds. The number of fused-ring (bicyclic) bond motifs is 1. The molecule has 0 spiro atoms. The lowest BCUT2D eigenvalue weighted by molar-refractivity contribution is -0.151. The molecule has 0 aliphatic carbocycles. The Morgan fingerprint density at radius 2 is 1.90 bits per heavy atom. The number of thioether (sulfide) groups is 2. The van der Waals surface area contributed by atoms with Crippen molar-refractivity contribution >= 4 is 53.4 Å². The van der Waals surface area contributed by atoms with Crippen LogP contribution < -0.4 is 10.6 Å². The van der Waals surface area contributed by atoms with Crippen LogP contribution in [0.1, 0.15) is 32.4 Å². The molecule has 3 heterocycles. The number of aliphatic carboxylic acids is 2. The minimum Gasteiger partial charge on any atom is -0.480 e. The number of nitrogens with one attached hydrogen (secondary N) is 2. The summed E-state index contributed by atoms with van der Waals surface area (Å²) in [6.45, 7) is 4.71. The van der Waals surface area contributed by atoms with Crippen LogP contribution in [0.3, 0.4) is 0 Å². The minimum absolute atomic E-state index is 0.135. The number of hydrogen-bond donors (Lipinski definition) is 4. The van der Waals surface area contributed by atoms with Crippen LogP contribution in [0.15, 0.2) is 53.1 Å². The zero-order valence-corrected chi connectivity index (χ0v) is 23.9. The van der Waals surface area contributed by atoms with Gasteiger partial charge in [0.15, 0.2) is 5.16 Å². The van der Waals surface area contributed by atoms with Gasteiger partial charge in [-0.3, -0.25) is 23.9 Å². The van der Waals surface area contributed by atoms with Crippen LogP contribution in [0.4, 0.5) is 4.79 Å². The maximum absolute atomic E-state index is 13.3. The van der Waals surface area contributed by atoms with Gasteiger partial charge in [0.1, 0.15) is 41.6 Å². The fourth-order valence-corrected chi connectivity index (χ4v) is 6.56. The molecule has 4 rings (SSSR count). The van der Waals surface area contributed by atoms with Crippen molar-refractivity contribution in [3.05, 3.63) is 53.5 Å². The third-order valence-electron chi connectivity index (χ3n) is 5.86. The van der Waals surface area contributed by atoms with Gasteiger partial charge in [-0.25, -0.2) is 9.59 Å². The van der Waals surface area contributed by atoms with E-state index in [-0.39, 0.29) is 23.7 Å². The van der Waals surface area contributed by atoms with Crippen molar-refractivity contribution in [1.82, 2.24) is 30.3 Å². The highest BCUT2D eigenvalue weighted by Gasteiger charge is 2.54. The number of carbonyl (C=O) groups excluding carboxylic acids is 3. The standard InChI is InChI=1S/C25H28N6O8S2/c1-25(2,3)39-24(38)28-16(13-7-5-4-6-8-13)19(34)27-17-20(35)31-18(22(36)37)14(10-40-21(17)31)11-41-23-29-26-12-30(23)9-15(32)33/h4-8,12,16-17,21H,9-11H2,1-3H3,(H,27,34)(H,28,38)(H,32,33)(H,36,37)/t16-,17?,21-/m1/s1. The van der Waals surface area contributed by atoms with Crippen molar-refractivity contribution < 1.29 is 38.9 Å². The third kappa shape index (κ3) is 7.00. The first kappa shape index (κ1) is 29.9. The zero-order valence-electron chi connectivity index (χ0n) is 22.3. The average Bonchev–Trinajstić information content (AvgIpc) is 3.33. The van der Waals surface area contributed by atoms with Crippen molar-refractivity contribution in [2.75, 3.05) is 11.5 Å². The van der Waals surface area contributed by atoms with Crippen LogP contribution in [-0.4, -0.2) is 88.2 Å². The van der Waals surface area contributed by atoms with E-state index >= 15 is 0 Å². The third-order valence-corrected chi connectivity index (χ3v) is 8.27. The lowest BCUT2D eigenvalue weighted by Gasteiger charge is -2.49. The van der Waals surface area contributed by atoms with Crippen molar-refractivity contribution in [3.8, 4) is 0 Å². The van der Waals surface area contributed by atoms with Crippen LogP contribution >= 0.6 is 23.5 Å². The van der Waals surface area contributed by atoms with Crippen LogP contribution in [0.25, 0.3) is 0 Å². The number of carboxylic acid groups (broad SMARTS) is 2. The summed E-state index contributed by atoms with van der Waals surface area (Å²) in [5.41, 5.74) is -0.0723. The number of β-lactam (4-membered cyclic amide) rings is 1. The first-order valence-electron chi connectivity index (χ1n) is 12.3. The average molecular weight is 605 g/mol. The van der Waals surface area contributed by atoms with E-state index in [1.54, 1.807) is 51.1 Å². The number of ether oxygens (including phenoxy) is 1. The first-order chi connectivity index (χ1) is 19.4. The monoisotopic (exact) mass is 604 g/mol. The molecular weight excluding hydrogens is 576 g/mol. The molecule has 1 aromatic carbocycles. The molecule has 2 aliphatic rings. The van der Waals surface area contributed by atoms with Gasteiger partial charge in [0.05, 0.1) is 0 Å². The molecule has 14 nitrogen and oxygen atoms in total. The molecule has 0 bridgehead atoms. The Morgan fingerprint density at radius 1 is 1.20 bits per heavy atom. The molecule has 2 aromatic rings. The summed E-state index contributed by atoms with van der Waals surface area (Å²) in [6, 6.07) is 6.29. The maximum Gasteiger partial charge on any atom is 0.408 e. The molecule has 1 aromatic heterocycles. The lowest BCUT2D eigenvalue weighted by atomic mass is 10.0. The highest BCUT2D eigenvalue weighted by atomic mass is 32.2. The van der Waals surface area contributed by atoms with Crippen molar-refractivity contribution in [1.29, 1.82) is 0 Å². The number of rotatable bonds is 10. The topological polar surface area (TPSA) is 193 Å². The fourth-order valence-electron chi connectivity index (χ4n) is 4.16. The Balaban J connectivity index is 1.48. The first-order valence-corrected chi connectivity index (χ1v) is 14.4. The van der Waals surface area contributed by atoms with Crippen LogP contribution in [-0.2, 0) is 30.5 Å². The number of aromatic nitrogens is 3. The predicted molar refractivity (Wildman–Crippen MR) is 147 cm³/mol. The second-order valence-corrected chi connectivity index (χ2v) is 12.1. The van der Waals surface area contributed by atoms with Gasteiger partial charge >= 0.3 is 18.0 Å². The Labute approximate surface area is 242 Å². The van der Waals surface area contributed by atoms with Gasteiger partial charge in [-0.2, -0.15) is 0 Å². The molecule has 218 valence electrons.